The van der Waals surface area contributed by atoms with Crippen molar-refractivity contribution >= 4 is 17.6 Å². The summed E-state index contributed by atoms with van der Waals surface area (Å²) in [7, 11) is 0. The number of carbonyl (C=O) groups excluding carboxylic acids is 2. The molecular formula is C21H28N6O2. The van der Waals surface area contributed by atoms with Gasteiger partial charge in [0.05, 0.1) is 6.04 Å². The molecule has 4 rings (SSSR count). The molecule has 2 aromatic rings. The smallest absolute Gasteiger partial charge is 0.319 e. The quantitative estimate of drug-likeness (QED) is 0.739. The Balaban J connectivity index is 1.25. The van der Waals surface area contributed by atoms with Crippen LogP contribution in [0.3, 0.4) is 0 Å². The van der Waals surface area contributed by atoms with Crippen LogP contribution in [0.25, 0.3) is 0 Å². The summed E-state index contributed by atoms with van der Waals surface area (Å²) in [5.41, 5.74) is 1.27. The molecule has 3 heterocycles. The van der Waals surface area contributed by atoms with Gasteiger partial charge in [-0.25, -0.2) is 4.79 Å². The zero-order chi connectivity index (χ0) is 20.1. The van der Waals surface area contributed by atoms with E-state index in [1.807, 2.05) is 52.2 Å². The number of hydrogen-bond acceptors (Lipinski definition) is 4. The van der Waals surface area contributed by atoms with Crippen LogP contribution in [0.1, 0.15) is 42.2 Å². The Morgan fingerprint density at radius 2 is 1.86 bits per heavy atom. The molecule has 29 heavy (non-hydrogen) atoms. The summed E-state index contributed by atoms with van der Waals surface area (Å²) in [6.45, 7) is 3.19. The highest BCUT2D eigenvalue weighted by Crippen LogP contribution is 2.18. The van der Waals surface area contributed by atoms with Crippen LogP contribution in [-0.4, -0.2) is 58.8 Å². The van der Waals surface area contributed by atoms with E-state index in [-0.39, 0.29) is 18.0 Å². The predicted octanol–water partition coefficient (Wildman–Crippen LogP) is 2.23. The Morgan fingerprint density at radius 3 is 2.59 bits per heavy atom. The first kappa shape index (κ1) is 19.4. The molecule has 154 valence electrons. The lowest BCUT2D eigenvalue weighted by Crippen LogP contribution is -2.47. The van der Waals surface area contributed by atoms with Crippen molar-refractivity contribution in [3.8, 4) is 0 Å². The number of rotatable bonds is 4. The number of nitrogens with one attached hydrogen (secondary N) is 3. The summed E-state index contributed by atoms with van der Waals surface area (Å²) < 4.78 is 1.92. The normalized spacial score (nSPS) is 20.3. The molecule has 2 saturated heterocycles. The second-order valence-corrected chi connectivity index (χ2v) is 7.71. The van der Waals surface area contributed by atoms with Crippen molar-refractivity contribution in [1.29, 1.82) is 0 Å². The van der Waals surface area contributed by atoms with Gasteiger partial charge in [0.15, 0.2) is 0 Å². The van der Waals surface area contributed by atoms with Crippen LogP contribution < -0.4 is 16.0 Å². The minimum atomic E-state index is -0.208. The first-order valence-electron chi connectivity index (χ1n) is 10.4. The second kappa shape index (κ2) is 9.09. The van der Waals surface area contributed by atoms with Crippen molar-refractivity contribution in [2.24, 2.45) is 0 Å². The maximum Gasteiger partial charge on any atom is 0.319 e. The molecule has 1 aromatic carbocycles. The number of amides is 3. The molecule has 0 radical (unpaired) electrons. The first-order valence-corrected chi connectivity index (χ1v) is 10.4. The molecule has 0 spiro atoms. The minimum Gasteiger partial charge on any atom is -0.337 e. The largest absolute Gasteiger partial charge is 0.337 e. The van der Waals surface area contributed by atoms with Gasteiger partial charge in [0.2, 0.25) is 0 Å². The third-order valence-corrected chi connectivity index (χ3v) is 5.62. The number of urea groups is 1. The van der Waals surface area contributed by atoms with Gasteiger partial charge in [-0.2, -0.15) is 5.10 Å². The molecule has 8 nitrogen and oxygen atoms in total. The molecule has 1 aromatic heterocycles. The summed E-state index contributed by atoms with van der Waals surface area (Å²) in [4.78, 5) is 26.8. The van der Waals surface area contributed by atoms with Gasteiger partial charge in [-0.1, -0.05) is 18.2 Å². The van der Waals surface area contributed by atoms with E-state index in [4.69, 9.17) is 0 Å². The number of aromatic nitrogens is 2. The standard InChI is InChI=1S/C21H28N6O2/c28-20(19-10-14-27(25-19)18-7-4-11-22-15-18)26-12-8-17(9-13-26)24-21(29)23-16-5-2-1-3-6-16/h1-3,5-6,10,14,17-18,22H,4,7-9,11-13,15H2,(H2,23,24,29). The van der Waals surface area contributed by atoms with Gasteiger partial charge in [-0.3, -0.25) is 9.48 Å². The minimum absolute atomic E-state index is 0.0281. The molecule has 0 aliphatic carbocycles. The highest BCUT2D eigenvalue weighted by atomic mass is 16.2. The van der Waals surface area contributed by atoms with Gasteiger partial charge in [0.1, 0.15) is 5.69 Å². The lowest BCUT2D eigenvalue weighted by atomic mass is 10.0. The second-order valence-electron chi connectivity index (χ2n) is 7.71. The summed E-state index contributed by atoms with van der Waals surface area (Å²) in [5.74, 6) is -0.0281. The third kappa shape index (κ3) is 4.95. The van der Waals surface area contributed by atoms with E-state index >= 15 is 0 Å². The van der Waals surface area contributed by atoms with E-state index in [1.165, 1.54) is 0 Å². The molecule has 1 atom stereocenters. The molecule has 3 N–H and O–H groups in total. The predicted molar refractivity (Wildman–Crippen MR) is 111 cm³/mol. The molecule has 3 amide bonds. The fourth-order valence-corrected chi connectivity index (χ4v) is 3.98. The van der Waals surface area contributed by atoms with E-state index in [1.54, 1.807) is 0 Å². The fourth-order valence-electron chi connectivity index (χ4n) is 3.98. The molecule has 0 saturated carbocycles. The highest BCUT2D eigenvalue weighted by Gasteiger charge is 2.26. The zero-order valence-electron chi connectivity index (χ0n) is 16.5. The summed E-state index contributed by atoms with van der Waals surface area (Å²) in [6, 6.07) is 11.4. The third-order valence-electron chi connectivity index (χ3n) is 5.62. The lowest BCUT2D eigenvalue weighted by Gasteiger charge is -2.32. The molecule has 2 fully saturated rings. The van der Waals surface area contributed by atoms with E-state index in [0.717, 1.165) is 44.5 Å². The first-order chi connectivity index (χ1) is 14.2. The van der Waals surface area contributed by atoms with E-state index in [9.17, 15) is 9.59 Å². The van der Waals surface area contributed by atoms with Crippen molar-refractivity contribution in [3.05, 3.63) is 48.3 Å². The summed E-state index contributed by atoms with van der Waals surface area (Å²) in [6.07, 6.45) is 5.60. The number of benzene rings is 1. The van der Waals surface area contributed by atoms with Crippen molar-refractivity contribution in [3.63, 3.8) is 0 Å². The Morgan fingerprint density at radius 1 is 1.07 bits per heavy atom. The molecule has 8 heteroatoms. The number of piperidine rings is 2. The molecule has 2 aliphatic rings. The Kier molecular flexibility index (Phi) is 6.09. The Labute approximate surface area is 170 Å². The molecule has 0 bridgehead atoms. The van der Waals surface area contributed by atoms with E-state index in [0.29, 0.717) is 24.8 Å². The number of likely N-dealkylation sites (tertiary alicyclic amines) is 1. The van der Waals surface area contributed by atoms with Crippen molar-refractivity contribution in [1.82, 2.24) is 25.3 Å². The van der Waals surface area contributed by atoms with Crippen molar-refractivity contribution < 1.29 is 9.59 Å². The van der Waals surface area contributed by atoms with Crippen LogP contribution in [0, 0.1) is 0 Å². The monoisotopic (exact) mass is 396 g/mol. The Bertz CT molecular complexity index is 823. The maximum atomic E-state index is 12.8. The van der Waals surface area contributed by atoms with Gasteiger partial charge >= 0.3 is 6.03 Å². The van der Waals surface area contributed by atoms with Crippen LogP contribution in [0.4, 0.5) is 10.5 Å². The van der Waals surface area contributed by atoms with Crippen LogP contribution >= 0.6 is 0 Å². The van der Waals surface area contributed by atoms with Crippen LogP contribution in [0.2, 0.25) is 0 Å². The van der Waals surface area contributed by atoms with Gasteiger partial charge in [0.25, 0.3) is 5.91 Å². The van der Waals surface area contributed by atoms with Crippen LogP contribution in [0.15, 0.2) is 42.6 Å². The Hall–Kier alpha value is -2.87. The van der Waals surface area contributed by atoms with Gasteiger partial charge in [-0.05, 0) is 50.4 Å². The van der Waals surface area contributed by atoms with Crippen LogP contribution in [-0.2, 0) is 0 Å². The number of hydrogen-bond donors (Lipinski definition) is 3. The van der Waals surface area contributed by atoms with Gasteiger partial charge in [0, 0.05) is 37.6 Å². The average Bonchev–Trinajstić information content (AvgIpc) is 3.25. The number of carbonyl (C=O) groups is 2. The molecule has 2 aliphatic heterocycles. The lowest BCUT2D eigenvalue weighted by molar-refractivity contribution is 0.0701. The summed E-state index contributed by atoms with van der Waals surface area (Å²) >= 11 is 0. The topological polar surface area (TPSA) is 91.3 Å². The van der Waals surface area contributed by atoms with Crippen LogP contribution in [0.5, 0.6) is 0 Å². The molecule has 1 unspecified atom stereocenters. The van der Waals surface area contributed by atoms with Gasteiger partial charge in [-0.15, -0.1) is 0 Å². The number of anilines is 1. The van der Waals surface area contributed by atoms with E-state index in [2.05, 4.69) is 21.0 Å². The number of nitrogens with zero attached hydrogens (tertiary/aromatic N) is 3. The fraction of sp³-hybridized carbons (Fsp3) is 0.476. The maximum absolute atomic E-state index is 12.8. The van der Waals surface area contributed by atoms with Crippen molar-refractivity contribution in [2.45, 2.75) is 37.8 Å². The SMILES string of the molecule is O=C(Nc1ccccc1)NC1CCN(C(=O)c2ccn(C3CCCNC3)n2)CC1. The average molecular weight is 396 g/mol. The zero-order valence-corrected chi connectivity index (χ0v) is 16.5. The molecular weight excluding hydrogens is 368 g/mol. The highest BCUT2D eigenvalue weighted by molar-refractivity contribution is 5.92. The van der Waals surface area contributed by atoms with Gasteiger partial charge < -0.3 is 20.9 Å². The summed E-state index contributed by atoms with van der Waals surface area (Å²) in [5, 5.41) is 13.7. The van der Waals surface area contributed by atoms with E-state index < -0.39 is 0 Å². The number of para-hydroxylation sites is 1. The van der Waals surface area contributed by atoms with Crippen molar-refractivity contribution in [2.75, 3.05) is 31.5 Å².